The van der Waals surface area contributed by atoms with Crippen molar-refractivity contribution in [1.29, 1.82) is 0 Å². The second-order valence-corrected chi connectivity index (χ2v) is 4.49. The molecule has 0 atom stereocenters. The van der Waals surface area contributed by atoms with E-state index in [-0.39, 0.29) is 5.82 Å². The summed E-state index contributed by atoms with van der Waals surface area (Å²) in [7, 11) is 0. The van der Waals surface area contributed by atoms with E-state index >= 15 is 0 Å². The lowest BCUT2D eigenvalue weighted by atomic mass is 10.1. The Morgan fingerprint density at radius 3 is 2.48 bits per heavy atom. The fraction of sp³-hybridized carbons (Fsp3) is 0.118. The van der Waals surface area contributed by atoms with E-state index in [1.165, 1.54) is 18.2 Å². The maximum Gasteiger partial charge on any atom is 0.328 e. The molecule has 0 saturated carbocycles. The highest BCUT2D eigenvalue weighted by atomic mass is 19.1. The van der Waals surface area contributed by atoms with Gasteiger partial charge in [0.15, 0.2) is 0 Å². The number of carboxylic acids is 1. The fourth-order valence-electron chi connectivity index (χ4n) is 2.09. The van der Waals surface area contributed by atoms with E-state index in [1.807, 2.05) is 42.2 Å². The monoisotopic (exact) mass is 285 g/mol. The number of hydrogen-bond acceptors (Lipinski definition) is 2. The minimum atomic E-state index is -0.978. The van der Waals surface area contributed by atoms with Crippen LogP contribution in [0.5, 0.6) is 0 Å². The van der Waals surface area contributed by atoms with E-state index in [4.69, 9.17) is 5.11 Å². The van der Waals surface area contributed by atoms with Gasteiger partial charge < -0.3 is 10.0 Å². The molecule has 108 valence electrons. The molecule has 2 aromatic carbocycles. The molecule has 21 heavy (non-hydrogen) atoms. The highest BCUT2D eigenvalue weighted by molar-refractivity contribution is 5.85. The van der Waals surface area contributed by atoms with Crippen LogP contribution in [0.2, 0.25) is 0 Å². The van der Waals surface area contributed by atoms with Gasteiger partial charge >= 0.3 is 5.97 Å². The third-order valence-corrected chi connectivity index (χ3v) is 3.06. The smallest absolute Gasteiger partial charge is 0.328 e. The average Bonchev–Trinajstić information content (AvgIpc) is 2.47. The minimum Gasteiger partial charge on any atom is -0.478 e. The van der Waals surface area contributed by atoms with Crippen LogP contribution in [-0.2, 0) is 4.79 Å². The molecule has 0 heterocycles. The van der Waals surface area contributed by atoms with Gasteiger partial charge in [-0.15, -0.1) is 0 Å². The molecule has 1 N–H and O–H groups in total. The van der Waals surface area contributed by atoms with E-state index in [1.54, 1.807) is 6.07 Å². The number of rotatable bonds is 5. The Labute approximate surface area is 123 Å². The van der Waals surface area contributed by atoms with Crippen LogP contribution in [0.4, 0.5) is 15.8 Å². The first-order chi connectivity index (χ1) is 10.1. The van der Waals surface area contributed by atoms with E-state index in [9.17, 15) is 9.18 Å². The summed E-state index contributed by atoms with van der Waals surface area (Å²) in [5.41, 5.74) is 2.51. The molecule has 0 aliphatic heterocycles. The second kappa shape index (κ2) is 6.70. The maximum atomic E-state index is 13.3. The first-order valence-corrected chi connectivity index (χ1v) is 6.64. The first-order valence-electron chi connectivity index (χ1n) is 6.64. The summed E-state index contributed by atoms with van der Waals surface area (Å²) in [4.78, 5) is 12.5. The number of aliphatic carboxylic acids is 1. The van der Waals surface area contributed by atoms with Gasteiger partial charge in [-0.25, -0.2) is 9.18 Å². The molecule has 0 fully saturated rings. The third-order valence-electron chi connectivity index (χ3n) is 3.06. The Morgan fingerprint density at radius 1 is 1.19 bits per heavy atom. The molecule has 2 rings (SSSR count). The van der Waals surface area contributed by atoms with Crippen LogP contribution in [0.3, 0.4) is 0 Å². The van der Waals surface area contributed by atoms with Crippen molar-refractivity contribution >= 4 is 23.4 Å². The number of hydrogen-bond donors (Lipinski definition) is 1. The predicted octanol–water partition coefficient (Wildman–Crippen LogP) is 4.08. The standard InChI is InChI=1S/C17H16FNO2/c1-2-19(16-5-3-4-14(18)12-16)15-9-6-13(7-10-15)8-11-17(20)21/h3-12H,2H2,1H3,(H,20,21). The molecular weight excluding hydrogens is 269 g/mol. The Hall–Kier alpha value is -2.62. The molecule has 3 nitrogen and oxygen atoms in total. The van der Waals surface area contributed by atoms with Gasteiger partial charge in [0.1, 0.15) is 5.82 Å². The molecule has 4 heteroatoms. The van der Waals surface area contributed by atoms with Crippen molar-refractivity contribution in [3.63, 3.8) is 0 Å². The molecule has 0 unspecified atom stereocenters. The quantitative estimate of drug-likeness (QED) is 0.841. The van der Waals surface area contributed by atoms with Crippen molar-refractivity contribution in [2.45, 2.75) is 6.92 Å². The van der Waals surface area contributed by atoms with Crippen LogP contribution < -0.4 is 4.90 Å². The van der Waals surface area contributed by atoms with Gasteiger partial charge in [-0.3, -0.25) is 0 Å². The van der Waals surface area contributed by atoms with Gasteiger partial charge in [-0.2, -0.15) is 0 Å². The van der Waals surface area contributed by atoms with E-state index < -0.39 is 5.97 Å². The van der Waals surface area contributed by atoms with Gasteiger partial charge in [0.05, 0.1) is 0 Å². The fourth-order valence-corrected chi connectivity index (χ4v) is 2.09. The van der Waals surface area contributed by atoms with Crippen molar-refractivity contribution in [1.82, 2.24) is 0 Å². The second-order valence-electron chi connectivity index (χ2n) is 4.49. The van der Waals surface area contributed by atoms with Gasteiger partial charge in [-0.1, -0.05) is 18.2 Å². The molecule has 0 aliphatic rings. The summed E-state index contributed by atoms with van der Waals surface area (Å²) in [6.45, 7) is 2.69. The Balaban J connectivity index is 2.25. The average molecular weight is 285 g/mol. The zero-order chi connectivity index (χ0) is 15.2. The van der Waals surface area contributed by atoms with Crippen molar-refractivity contribution < 1.29 is 14.3 Å². The zero-order valence-electron chi connectivity index (χ0n) is 11.7. The number of benzene rings is 2. The third kappa shape index (κ3) is 3.92. The van der Waals surface area contributed by atoms with E-state index in [0.717, 1.165) is 23.0 Å². The molecule has 0 saturated heterocycles. The zero-order valence-corrected chi connectivity index (χ0v) is 11.7. The minimum absolute atomic E-state index is 0.271. The van der Waals surface area contributed by atoms with Crippen molar-refractivity contribution in [3.8, 4) is 0 Å². The summed E-state index contributed by atoms with van der Waals surface area (Å²) in [6, 6.07) is 13.9. The maximum absolute atomic E-state index is 13.3. The Kier molecular flexibility index (Phi) is 4.72. The highest BCUT2D eigenvalue weighted by Crippen LogP contribution is 2.26. The Bertz CT molecular complexity index is 650. The molecule has 2 aromatic rings. The summed E-state index contributed by atoms with van der Waals surface area (Å²) >= 11 is 0. The van der Waals surface area contributed by atoms with Crippen LogP contribution in [0, 0.1) is 5.82 Å². The van der Waals surface area contributed by atoms with Crippen LogP contribution in [-0.4, -0.2) is 17.6 Å². The van der Waals surface area contributed by atoms with Gasteiger partial charge in [-0.05, 0) is 48.9 Å². The number of halogens is 1. The lowest BCUT2D eigenvalue weighted by Gasteiger charge is -2.23. The molecule has 0 aromatic heterocycles. The molecule has 0 spiro atoms. The molecule has 0 radical (unpaired) electrons. The van der Waals surface area contributed by atoms with Crippen molar-refractivity contribution in [2.75, 3.05) is 11.4 Å². The summed E-state index contributed by atoms with van der Waals surface area (Å²) in [6.07, 6.45) is 2.63. The molecule has 0 aliphatic carbocycles. The van der Waals surface area contributed by atoms with Crippen molar-refractivity contribution in [3.05, 3.63) is 66.0 Å². The van der Waals surface area contributed by atoms with E-state index in [0.29, 0.717) is 6.54 Å². The SMILES string of the molecule is CCN(c1ccc(C=CC(=O)O)cc1)c1cccc(F)c1. The summed E-state index contributed by atoms with van der Waals surface area (Å²) in [5, 5.41) is 8.60. The Morgan fingerprint density at radius 2 is 1.90 bits per heavy atom. The molecule has 0 bridgehead atoms. The van der Waals surface area contributed by atoms with Gasteiger partial charge in [0.2, 0.25) is 0 Å². The lowest BCUT2D eigenvalue weighted by molar-refractivity contribution is -0.131. The van der Waals surface area contributed by atoms with Crippen LogP contribution in [0.15, 0.2) is 54.6 Å². The lowest BCUT2D eigenvalue weighted by Crippen LogP contribution is -2.15. The molecule has 0 amide bonds. The first kappa shape index (κ1) is 14.8. The largest absolute Gasteiger partial charge is 0.478 e. The van der Waals surface area contributed by atoms with Crippen LogP contribution >= 0.6 is 0 Å². The highest BCUT2D eigenvalue weighted by Gasteiger charge is 2.07. The van der Waals surface area contributed by atoms with Crippen LogP contribution in [0.1, 0.15) is 12.5 Å². The van der Waals surface area contributed by atoms with Crippen molar-refractivity contribution in [2.24, 2.45) is 0 Å². The van der Waals surface area contributed by atoms with E-state index in [2.05, 4.69) is 0 Å². The predicted molar refractivity (Wildman–Crippen MR) is 82.2 cm³/mol. The number of nitrogens with zero attached hydrogens (tertiary/aromatic N) is 1. The number of anilines is 2. The van der Waals surface area contributed by atoms with Gasteiger partial charge in [0, 0.05) is 24.0 Å². The normalized spacial score (nSPS) is 10.8. The topological polar surface area (TPSA) is 40.5 Å². The summed E-state index contributed by atoms with van der Waals surface area (Å²) in [5.74, 6) is -1.25. The number of carboxylic acid groups (broad SMARTS) is 1. The summed E-state index contributed by atoms with van der Waals surface area (Å²) < 4.78 is 13.3. The molecular formula is C17H16FNO2. The van der Waals surface area contributed by atoms with Crippen LogP contribution in [0.25, 0.3) is 6.08 Å². The number of carbonyl (C=O) groups is 1. The van der Waals surface area contributed by atoms with Gasteiger partial charge in [0.25, 0.3) is 0 Å².